The number of aromatic amines is 1. The summed E-state index contributed by atoms with van der Waals surface area (Å²) >= 11 is 0. The third-order valence-electron chi connectivity index (χ3n) is 8.20. The zero-order valence-corrected chi connectivity index (χ0v) is 20.0. The van der Waals surface area contributed by atoms with Crippen LogP contribution in [-0.2, 0) is 0 Å². The first-order valence-electron chi connectivity index (χ1n) is 12.4. The summed E-state index contributed by atoms with van der Waals surface area (Å²) in [6.07, 6.45) is 7.59. The van der Waals surface area contributed by atoms with Gasteiger partial charge in [-0.1, -0.05) is 6.42 Å². The average Bonchev–Trinajstić information content (AvgIpc) is 3.51. The Morgan fingerprint density at radius 1 is 1.25 bits per heavy atom. The predicted octanol–water partition coefficient (Wildman–Crippen LogP) is 4.72. The van der Waals surface area contributed by atoms with E-state index in [1.807, 2.05) is 12.1 Å². The highest BCUT2D eigenvalue weighted by atomic mass is 16.5. The first kappa shape index (κ1) is 21.7. The molecule has 32 heavy (non-hydrogen) atoms. The number of rotatable bonds is 5. The highest BCUT2D eigenvalue weighted by Crippen LogP contribution is 2.52. The van der Waals surface area contributed by atoms with Crippen molar-refractivity contribution in [3.05, 3.63) is 23.5 Å². The Kier molecular flexibility index (Phi) is 5.68. The van der Waals surface area contributed by atoms with Gasteiger partial charge in [0.1, 0.15) is 22.6 Å². The Balaban J connectivity index is 1.34. The molecule has 2 aromatic rings. The summed E-state index contributed by atoms with van der Waals surface area (Å²) in [7, 11) is 1.68. The van der Waals surface area contributed by atoms with Crippen molar-refractivity contribution in [3.63, 3.8) is 0 Å². The summed E-state index contributed by atoms with van der Waals surface area (Å²) in [4.78, 5) is 24.3. The van der Waals surface area contributed by atoms with E-state index in [2.05, 4.69) is 36.0 Å². The second-order valence-electron chi connectivity index (χ2n) is 11.3. The number of fused-ring (bicyclic) bond motifs is 3. The maximum absolute atomic E-state index is 13.2. The van der Waals surface area contributed by atoms with E-state index in [1.165, 1.54) is 38.5 Å². The number of imidazole rings is 1. The lowest BCUT2D eigenvalue weighted by Gasteiger charge is -2.41. The first-order chi connectivity index (χ1) is 15.3. The molecule has 3 aliphatic rings. The number of hydrogen-bond acceptors (Lipinski definition) is 4. The van der Waals surface area contributed by atoms with Crippen LogP contribution in [-0.4, -0.2) is 53.1 Å². The molecule has 4 unspecified atom stereocenters. The Bertz CT molecular complexity index is 992. The summed E-state index contributed by atoms with van der Waals surface area (Å²) in [6.45, 7) is 9.71. The molecule has 2 N–H and O–H groups in total. The normalized spacial score (nSPS) is 28.4. The van der Waals surface area contributed by atoms with E-state index in [-0.39, 0.29) is 11.4 Å². The van der Waals surface area contributed by atoms with Gasteiger partial charge in [-0.05, 0) is 89.3 Å². The Morgan fingerprint density at radius 3 is 2.78 bits per heavy atom. The minimum Gasteiger partial charge on any atom is -0.494 e. The van der Waals surface area contributed by atoms with Gasteiger partial charge in [0, 0.05) is 24.5 Å². The van der Waals surface area contributed by atoms with Gasteiger partial charge in [-0.3, -0.25) is 9.69 Å². The quantitative estimate of drug-likeness (QED) is 0.709. The van der Waals surface area contributed by atoms with Crippen molar-refractivity contribution in [2.45, 2.75) is 70.8 Å². The van der Waals surface area contributed by atoms with Crippen LogP contribution in [0.2, 0.25) is 0 Å². The number of carbonyl (C=O) groups is 1. The number of benzene rings is 1. The van der Waals surface area contributed by atoms with Crippen molar-refractivity contribution in [1.82, 2.24) is 20.2 Å². The van der Waals surface area contributed by atoms with Gasteiger partial charge in [-0.15, -0.1) is 0 Å². The third-order valence-corrected chi connectivity index (χ3v) is 8.20. The van der Waals surface area contributed by atoms with Crippen LogP contribution in [0.1, 0.15) is 81.4 Å². The van der Waals surface area contributed by atoms with E-state index < -0.39 is 0 Å². The summed E-state index contributed by atoms with van der Waals surface area (Å²) in [6, 6.07) is 3.76. The highest BCUT2D eigenvalue weighted by molar-refractivity contribution is 6.06. The molecule has 2 heterocycles. The molecule has 1 aromatic heterocycles. The first-order valence-corrected chi connectivity index (χ1v) is 12.4. The van der Waals surface area contributed by atoms with Gasteiger partial charge in [-0.2, -0.15) is 0 Å². The van der Waals surface area contributed by atoms with Crippen molar-refractivity contribution in [1.29, 1.82) is 0 Å². The van der Waals surface area contributed by atoms with Crippen LogP contribution in [0.15, 0.2) is 12.1 Å². The Labute approximate surface area is 191 Å². The zero-order valence-electron chi connectivity index (χ0n) is 20.0. The zero-order chi connectivity index (χ0) is 22.5. The summed E-state index contributed by atoms with van der Waals surface area (Å²) in [5, 5.41) is 3.22. The van der Waals surface area contributed by atoms with E-state index in [4.69, 9.17) is 9.72 Å². The molecule has 6 heteroatoms. The van der Waals surface area contributed by atoms with Crippen LogP contribution >= 0.6 is 0 Å². The number of likely N-dealkylation sites (tertiary alicyclic amines) is 1. The minimum absolute atomic E-state index is 0.0310. The fourth-order valence-corrected chi connectivity index (χ4v) is 6.37. The van der Waals surface area contributed by atoms with Crippen LogP contribution in [0.3, 0.4) is 0 Å². The van der Waals surface area contributed by atoms with Crippen molar-refractivity contribution >= 4 is 16.9 Å². The smallest absolute Gasteiger partial charge is 0.253 e. The van der Waals surface area contributed by atoms with Crippen LogP contribution < -0.4 is 10.1 Å². The van der Waals surface area contributed by atoms with Crippen LogP contribution in [0.4, 0.5) is 0 Å². The second-order valence-corrected chi connectivity index (χ2v) is 11.3. The van der Waals surface area contributed by atoms with Gasteiger partial charge in [0.2, 0.25) is 0 Å². The molecule has 0 radical (unpaired) electrons. The molecular formula is C26H38N4O2. The van der Waals surface area contributed by atoms with Crippen LogP contribution in [0.5, 0.6) is 5.75 Å². The molecule has 174 valence electrons. The number of carbonyl (C=O) groups excluding carboxylic acids is 1. The van der Waals surface area contributed by atoms with E-state index in [0.717, 1.165) is 47.5 Å². The van der Waals surface area contributed by atoms with E-state index in [9.17, 15) is 4.79 Å². The topological polar surface area (TPSA) is 70.2 Å². The molecule has 2 bridgehead atoms. The largest absolute Gasteiger partial charge is 0.494 e. The number of nitrogens with zero attached hydrogens (tertiary/aromatic N) is 2. The number of aromatic nitrogens is 2. The molecule has 1 saturated heterocycles. The van der Waals surface area contributed by atoms with Gasteiger partial charge >= 0.3 is 0 Å². The van der Waals surface area contributed by atoms with Gasteiger partial charge in [-0.25, -0.2) is 4.98 Å². The van der Waals surface area contributed by atoms with Crippen molar-refractivity contribution in [2.24, 2.45) is 17.8 Å². The molecule has 3 fully saturated rings. The summed E-state index contributed by atoms with van der Waals surface area (Å²) in [5.41, 5.74) is 2.43. The Morgan fingerprint density at radius 2 is 2.09 bits per heavy atom. The summed E-state index contributed by atoms with van der Waals surface area (Å²) < 4.78 is 5.59. The van der Waals surface area contributed by atoms with Crippen molar-refractivity contribution in [3.8, 4) is 5.75 Å². The highest BCUT2D eigenvalue weighted by Gasteiger charge is 2.41. The van der Waals surface area contributed by atoms with E-state index in [0.29, 0.717) is 23.9 Å². The molecule has 0 spiro atoms. The lowest BCUT2D eigenvalue weighted by Crippen LogP contribution is -2.49. The van der Waals surface area contributed by atoms with Gasteiger partial charge in [0.15, 0.2) is 0 Å². The molecule has 1 amide bonds. The molecule has 5 rings (SSSR count). The fraction of sp³-hybridized carbons (Fsp3) is 0.692. The molecule has 1 aliphatic heterocycles. The number of hydrogen-bond donors (Lipinski definition) is 2. The molecule has 4 atom stereocenters. The number of methoxy groups -OCH3 is 1. The monoisotopic (exact) mass is 438 g/mol. The third kappa shape index (κ3) is 4.02. The number of nitrogens with one attached hydrogen (secondary N) is 2. The minimum atomic E-state index is -0.0310. The van der Waals surface area contributed by atoms with Crippen molar-refractivity contribution in [2.75, 3.05) is 26.7 Å². The number of piperidine rings is 1. The van der Waals surface area contributed by atoms with Crippen LogP contribution in [0.25, 0.3) is 11.0 Å². The fourth-order valence-electron chi connectivity index (χ4n) is 6.37. The molecular weight excluding hydrogens is 400 g/mol. The second kappa shape index (κ2) is 8.36. The number of H-pyrrole nitrogens is 1. The molecule has 2 aliphatic carbocycles. The summed E-state index contributed by atoms with van der Waals surface area (Å²) in [5.74, 6) is 4.34. The molecule has 1 aromatic carbocycles. The maximum Gasteiger partial charge on any atom is 0.253 e. The number of amides is 1. The van der Waals surface area contributed by atoms with Crippen LogP contribution in [0, 0.1) is 17.8 Å². The maximum atomic E-state index is 13.2. The van der Waals surface area contributed by atoms with Crippen molar-refractivity contribution < 1.29 is 9.53 Å². The number of ether oxygens (including phenoxy) is 1. The van der Waals surface area contributed by atoms with E-state index >= 15 is 0 Å². The standard InChI is InChI=1S/C26H38N4O2/c1-26(2,3)30-11-5-6-17(15-30)14-27-25(31)19-9-10-21(32-4)23-22(19)28-24(29-23)20-13-16-7-8-18(20)12-16/h9-10,16-18,20H,5-8,11-15H2,1-4H3,(H,27,31)(H,28,29). The predicted molar refractivity (Wildman–Crippen MR) is 127 cm³/mol. The SMILES string of the molecule is COc1ccc(C(=O)NCC2CCCN(C(C)(C)C)C2)c2nc(C3CC4CCC3C4)[nH]c12. The van der Waals surface area contributed by atoms with Gasteiger partial charge in [0.25, 0.3) is 5.91 Å². The van der Waals surface area contributed by atoms with Gasteiger partial charge < -0.3 is 15.0 Å². The Hall–Kier alpha value is -2.08. The lowest BCUT2D eigenvalue weighted by atomic mass is 9.88. The average molecular weight is 439 g/mol. The molecule has 2 saturated carbocycles. The lowest BCUT2D eigenvalue weighted by molar-refractivity contribution is 0.0752. The van der Waals surface area contributed by atoms with E-state index in [1.54, 1.807) is 7.11 Å². The molecule has 6 nitrogen and oxygen atoms in total. The van der Waals surface area contributed by atoms with Gasteiger partial charge in [0.05, 0.1) is 12.7 Å².